The summed E-state index contributed by atoms with van der Waals surface area (Å²) >= 11 is 2.15. The van der Waals surface area contributed by atoms with Gasteiger partial charge in [-0.15, -0.1) is 0 Å². The maximum Gasteiger partial charge on any atom is 0.248 e. The Morgan fingerprint density at radius 3 is 2.90 bits per heavy atom. The van der Waals surface area contributed by atoms with Crippen LogP contribution in [0.15, 0.2) is 52.5 Å². The van der Waals surface area contributed by atoms with Crippen molar-refractivity contribution in [1.29, 1.82) is 0 Å². The van der Waals surface area contributed by atoms with Crippen molar-refractivity contribution in [2.24, 2.45) is 0 Å². The fourth-order valence-electron chi connectivity index (χ4n) is 2.46. The molecule has 110 valence electrons. The Balaban J connectivity index is 2.17. The van der Waals surface area contributed by atoms with Crippen molar-refractivity contribution in [3.63, 3.8) is 0 Å². The zero-order valence-corrected chi connectivity index (χ0v) is 14.2. The number of allylic oxidation sites excluding steroid dienone is 3. The first kappa shape index (κ1) is 14.6. The summed E-state index contributed by atoms with van der Waals surface area (Å²) in [6, 6.07) is 3.16. The molecule has 2 aromatic heterocycles. The van der Waals surface area contributed by atoms with Crippen molar-refractivity contribution >= 4 is 43.5 Å². The molecular formula is C14H13IN2O3S. The third-order valence-corrected chi connectivity index (χ3v) is 6.70. The first-order valence-corrected chi connectivity index (χ1v) is 8.84. The Bertz CT molecular complexity index is 883. The highest BCUT2D eigenvalue weighted by molar-refractivity contribution is 14.1. The highest BCUT2D eigenvalue weighted by atomic mass is 127. The Morgan fingerprint density at radius 1 is 1.43 bits per heavy atom. The quantitative estimate of drug-likeness (QED) is 0.429. The van der Waals surface area contributed by atoms with Gasteiger partial charge in [-0.3, -0.25) is 0 Å². The number of hydrogen-bond acceptors (Lipinski definition) is 3. The van der Waals surface area contributed by atoms with Gasteiger partial charge in [0.15, 0.2) is 12.4 Å². The second-order valence-corrected chi connectivity index (χ2v) is 8.89. The number of aromatic nitrogens is 2. The summed E-state index contributed by atoms with van der Waals surface area (Å²) in [5, 5.41) is 11.9. The van der Waals surface area contributed by atoms with Gasteiger partial charge in [0.25, 0.3) is 0 Å². The minimum atomic E-state index is -3.62. The standard InChI is InChI=1S/C14H13IN2O3S/c1-14(6-2-3-12(15)9-14)21(19,20)17-8-4-11-10-16(18)7-5-13(11)17/h2-8,10H,9H2,1H3. The van der Waals surface area contributed by atoms with Gasteiger partial charge in [-0.1, -0.05) is 18.2 Å². The lowest BCUT2D eigenvalue weighted by atomic mass is 10.0. The van der Waals surface area contributed by atoms with E-state index in [0.717, 1.165) is 3.58 Å². The molecule has 1 aliphatic carbocycles. The summed E-state index contributed by atoms with van der Waals surface area (Å²) in [6.07, 6.45) is 10.0. The molecule has 1 aliphatic rings. The van der Waals surface area contributed by atoms with E-state index in [1.165, 1.54) is 28.6 Å². The fourth-order valence-corrected chi connectivity index (χ4v) is 5.41. The minimum absolute atomic E-state index is 0.445. The Labute approximate surface area is 136 Å². The van der Waals surface area contributed by atoms with Crippen LogP contribution in [0.2, 0.25) is 0 Å². The molecule has 5 nitrogen and oxygen atoms in total. The van der Waals surface area contributed by atoms with E-state index in [-0.39, 0.29) is 0 Å². The number of fused-ring (bicyclic) bond motifs is 1. The summed E-state index contributed by atoms with van der Waals surface area (Å²) in [4.78, 5) is 0. The van der Waals surface area contributed by atoms with Crippen LogP contribution in [0.5, 0.6) is 0 Å². The summed E-state index contributed by atoms with van der Waals surface area (Å²) in [6.45, 7) is 1.72. The molecular weight excluding hydrogens is 403 g/mol. The van der Waals surface area contributed by atoms with E-state index in [2.05, 4.69) is 22.6 Å². The van der Waals surface area contributed by atoms with Gasteiger partial charge in [0.1, 0.15) is 4.75 Å². The maximum absolute atomic E-state index is 13.0. The number of rotatable bonds is 2. The van der Waals surface area contributed by atoms with Crippen LogP contribution < -0.4 is 4.73 Å². The third kappa shape index (κ3) is 2.28. The lowest BCUT2D eigenvalue weighted by molar-refractivity contribution is -0.603. The van der Waals surface area contributed by atoms with Crippen LogP contribution in [-0.4, -0.2) is 17.1 Å². The monoisotopic (exact) mass is 416 g/mol. The molecule has 0 radical (unpaired) electrons. The number of pyridine rings is 1. The van der Waals surface area contributed by atoms with Crippen molar-refractivity contribution in [3.05, 3.63) is 57.7 Å². The predicted octanol–water partition coefficient (Wildman–Crippen LogP) is 2.49. The van der Waals surface area contributed by atoms with Gasteiger partial charge in [-0.25, -0.2) is 12.4 Å². The molecule has 0 amide bonds. The van der Waals surface area contributed by atoms with E-state index in [4.69, 9.17) is 0 Å². The molecule has 0 saturated heterocycles. The van der Waals surface area contributed by atoms with E-state index in [1.807, 2.05) is 6.08 Å². The molecule has 0 spiro atoms. The molecule has 0 bridgehead atoms. The van der Waals surface area contributed by atoms with Gasteiger partial charge in [-0.05, 0) is 39.2 Å². The first-order chi connectivity index (χ1) is 9.83. The average molecular weight is 416 g/mol. The molecule has 3 rings (SSSR count). The molecule has 0 fully saturated rings. The molecule has 1 atom stereocenters. The molecule has 2 heterocycles. The Kier molecular flexibility index (Phi) is 3.36. The topological polar surface area (TPSA) is 66.0 Å². The van der Waals surface area contributed by atoms with Crippen LogP contribution in [0.25, 0.3) is 10.9 Å². The first-order valence-electron chi connectivity index (χ1n) is 6.32. The van der Waals surface area contributed by atoms with Crippen LogP contribution in [0.4, 0.5) is 0 Å². The van der Waals surface area contributed by atoms with Crippen LogP contribution in [-0.2, 0) is 10.0 Å². The molecule has 1 unspecified atom stereocenters. The van der Waals surface area contributed by atoms with Crippen molar-refractivity contribution in [2.75, 3.05) is 0 Å². The maximum atomic E-state index is 13.0. The lowest BCUT2D eigenvalue weighted by Gasteiger charge is -2.28. The molecule has 7 heteroatoms. The molecule has 0 aliphatic heterocycles. The zero-order chi connectivity index (χ0) is 15.3. The third-order valence-electron chi connectivity index (χ3n) is 3.66. The van der Waals surface area contributed by atoms with Crippen LogP contribution in [0.1, 0.15) is 13.3 Å². The van der Waals surface area contributed by atoms with Crippen molar-refractivity contribution in [2.45, 2.75) is 18.1 Å². The molecule has 21 heavy (non-hydrogen) atoms. The summed E-state index contributed by atoms with van der Waals surface area (Å²) in [5.41, 5.74) is 0.515. The highest BCUT2D eigenvalue weighted by Gasteiger charge is 2.40. The van der Waals surface area contributed by atoms with Gasteiger partial charge in [-0.2, -0.15) is 4.73 Å². The Morgan fingerprint density at radius 2 is 2.19 bits per heavy atom. The van der Waals surface area contributed by atoms with Crippen LogP contribution >= 0.6 is 22.6 Å². The number of hydrogen-bond donors (Lipinski definition) is 0. The predicted molar refractivity (Wildman–Crippen MR) is 89.5 cm³/mol. The molecule has 0 aromatic carbocycles. The largest absolute Gasteiger partial charge is 0.619 e. The van der Waals surface area contributed by atoms with E-state index < -0.39 is 14.8 Å². The van der Waals surface area contributed by atoms with Gasteiger partial charge in [0.05, 0.1) is 10.9 Å². The van der Waals surface area contributed by atoms with Gasteiger partial charge >= 0.3 is 0 Å². The van der Waals surface area contributed by atoms with E-state index in [0.29, 0.717) is 22.1 Å². The van der Waals surface area contributed by atoms with E-state index in [1.54, 1.807) is 25.1 Å². The number of halogens is 1. The van der Waals surface area contributed by atoms with E-state index >= 15 is 0 Å². The molecule has 2 aromatic rings. The van der Waals surface area contributed by atoms with Crippen molar-refractivity contribution < 1.29 is 13.1 Å². The van der Waals surface area contributed by atoms with Gasteiger partial charge < -0.3 is 5.21 Å². The van der Waals surface area contributed by atoms with Gasteiger partial charge in [0.2, 0.25) is 10.0 Å². The van der Waals surface area contributed by atoms with E-state index in [9.17, 15) is 13.6 Å². The summed E-state index contributed by atoms with van der Waals surface area (Å²) in [7, 11) is -3.62. The molecule has 0 N–H and O–H groups in total. The second-order valence-electron chi connectivity index (χ2n) is 5.22. The van der Waals surface area contributed by atoms with Crippen LogP contribution in [0.3, 0.4) is 0 Å². The summed E-state index contributed by atoms with van der Waals surface area (Å²) < 4.78 is 28.0. The fraction of sp³-hybridized carbons (Fsp3) is 0.214. The summed E-state index contributed by atoms with van der Waals surface area (Å²) in [5.74, 6) is 0. The average Bonchev–Trinajstić information content (AvgIpc) is 2.81. The minimum Gasteiger partial charge on any atom is -0.619 e. The smallest absolute Gasteiger partial charge is 0.248 e. The molecule has 0 saturated carbocycles. The van der Waals surface area contributed by atoms with Crippen molar-refractivity contribution in [3.8, 4) is 0 Å². The zero-order valence-electron chi connectivity index (χ0n) is 11.2. The normalized spacial score (nSPS) is 22.5. The Hall–Kier alpha value is -1.35. The number of nitrogens with zero attached hydrogens (tertiary/aromatic N) is 2. The SMILES string of the molecule is CC1(S(=O)(=O)n2ccc3c[n+]([O-])ccc32)C=CC=C(I)C1. The highest BCUT2D eigenvalue weighted by Crippen LogP contribution is 2.35. The van der Waals surface area contributed by atoms with Crippen LogP contribution in [0, 0.1) is 5.21 Å². The second kappa shape index (κ2) is 4.84. The lowest BCUT2D eigenvalue weighted by Crippen LogP contribution is -2.38. The van der Waals surface area contributed by atoms with Gasteiger partial charge in [0, 0.05) is 18.7 Å². The van der Waals surface area contributed by atoms with Crippen molar-refractivity contribution in [1.82, 2.24) is 3.97 Å².